The molecule has 0 bridgehead atoms. The zero-order chi connectivity index (χ0) is 24.6. The Balaban J connectivity index is 1.92. The van der Waals surface area contributed by atoms with Gasteiger partial charge in [-0.05, 0) is 48.7 Å². The largest absolute Gasteiger partial charge is 0.507 e. The number of halogens is 1. The van der Waals surface area contributed by atoms with Crippen LogP contribution in [0.1, 0.15) is 44.5 Å². The van der Waals surface area contributed by atoms with E-state index < -0.39 is 23.7 Å². The molecule has 34 heavy (non-hydrogen) atoms. The number of methoxy groups -OCH3 is 1. The van der Waals surface area contributed by atoms with E-state index >= 15 is 0 Å². The number of pyridine rings is 1. The van der Waals surface area contributed by atoms with E-state index in [9.17, 15) is 19.5 Å². The number of aliphatic hydroxyl groups excluding tert-OH is 1. The van der Waals surface area contributed by atoms with Crippen LogP contribution in [0.5, 0.6) is 0 Å². The lowest BCUT2D eigenvalue weighted by Gasteiger charge is -2.25. The summed E-state index contributed by atoms with van der Waals surface area (Å²) >= 11 is 3.45. The van der Waals surface area contributed by atoms with Crippen molar-refractivity contribution >= 4 is 39.3 Å². The number of rotatable bonds is 5. The van der Waals surface area contributed by atoms with Crippen molar-refractivity contribution in [2.24, 2.45) is 0 Å². The number of amides is 1. The van der Waals surface area contributed by atoms with Gasteiger partial charge in [0.2, 0.25) is 0 Å². The molecule has 1 aliphatic rings. The molecule has 0 saturated carbocycles. The number of carbonyl (C=O) groups is 3. The number of aromatic nitrogens is 2. The number of hydrogen-bond acceptors (Lipinski definition) is 6. The standard InChI is InChI=1S/C25H22BrN3O5/c1-13-18(14(2)28-20(13)25(33)34-3)22(30)19-21(16-7-4-8-17(26)10-16)29(24(32)23(19)31)12-15-6-5-9-27-11-15/h4-11,21,28,30H,12H2,1-3H3/b22-19+/t21-/m1/s1. The number of nitrogens with zero attached hydrogens (tertiary/aromatic N) is 2. The van der Waals surface area contributed by atoms with Crippen molar-refractivity contribution in [2.45, 2.75) is 26.4 Å². The van der Waals surface area contributed by atoms with Crippen LogP contribution in [-0.4, -0.2) is 44.7 Å². The van der Waals surface area contributed by atoms with E-state index in [0.717, 1.165) is 10.0 Å². The number of benzene rings is 1. The van der Waals surface area contributed by atoms with E-state index in [0.29, 0.717) is 22.4 Å². The summed E-state index contributed by atoms with van der Waals surface area (Å²) in [5, 5.41) is 11.4. The number of ether oxygens (including phenoxy) is 1. The highest BCUT2D eigenvalue weighted by atomic mass is 79.9. The van der Waals surface area contributed by atoms with Crippen LogP contribution < -0.4 is 0 Å². The molecule has 1 saturated heterocycles. The van der Waals surface area contributed by atoms with Gasteiger partial charge in [0.1, 0.15) is 11.5 Å². The first-order chi connectivity index (χ1) is 16.2. The Morgan fingerprint density at radius 1 is 1.24 bits per heavy atom. The van der Waals surface area contributed by atoms with E-state index in [1.165, 1.54) is 12.0 Å². The van der Waals surface area contributed by atoms with Crippen molar-refractivity contribution in [1.82, 2.24) is 14.9 Å². The van der Waals surface area contributed by atoms with Crippen molar-refractivity contribution in [3.05, 3.63) is 92.5 Å². The Bertz CT molecular complexity index is 1330. The minimum Gasteiger partial charge on any atom is -0.507 e. The molecule has 1 fully saturated rings. The Kier molecular flexibility index (Phi) is 6.39. The van der Waals surface area contributed by atoms with Crippen molar-refractivity contribution < 1.29 is 24.2 Å². The molecule has 1 aromatic carbocycles. The molecule has 2 aromatic heterocycles. The predicted octanol–water partition coefficient (Wildman–Crippen LogP) is 4.20. The number of esters is 1. The van der Waals surface area contributed by atoms with Crippen molar-refractivity contribution in [3.8, 4) is 0 Å². The number of aryl methyl sites for hydroxylation is 1. The number of H-pyrrole nitrogens is 1. The third-order valence-corrected chi connectivity index (χ3v) is 6.34. The molecule has 0 radical (unpaired) electrons. The Hall–Kier alpha value is -3.72. The van der Waals surface area contributed by atoms with Crippen molar-refractivity contribution in [1.29, 1.82) is 0 Å². The van der Waals surface area contributed by atoms with E-state index in [4.69, 9.17) is 4.74 Å². The maximum Gasteiger partial charge on any atom is 0.354 e. The monoisotopic (exact) mass is 523 g/mol. The number of Topliss-reactive ketones (excluding diaryl/α,β-unsaturated/α-hetero) is 1. The van der Waals surface area contributed by atoms with E-state index in [2.05, 4.69) is 25.9 Å². The normalized spacial score (nSPS) is 17.3. The summed E-state index contributed by atoms with van der Waals surface area (Å²) in [6.45, 7) is 3.45. The zero-order valence-corrected chi connectivity index (χ0v) is 20.3. The lowest BCUT2D eigenvalue weighted by molar-refractivity contribution is -0.140. The fourth-order valence-corrected chi connectivity index (χ4v) is 4.72. The number of likely N-dealkylation sites (tertiary alicyclic amines) is 1. The predicted molar refractivity (Wildman–Crippen MR) is 128 cm³/mol. The van der Waals surface area contributed by atoms with Gasteiger partial charge in [-0.15, -0.1) is 0 Å². The quantitative estimate of drug-likeness (QED) is 0.224. The maximum atomic E-state index is 13.3. The number of hydrogen-bond donors (Lipinski definition) is 2. The first-order valence-corrected chi connectivity index (χ1v) is 11.2. The number of nitrogens with one attached hydrogen (secondary N) is 1. The number of ketones is 1. The van der Waals surface area contributed by atoms with Gasteiger partial charge in [0.25, 0.3) is 11.7 Å². The second-order valence-corrected chi connectivity index (χ2v) is 8.88. The third-order valence-electron chi connectivity index (χ3n) is 5.84. The van der Waals surface area contributed by atoms with Crippen LogP contribution >= 0.6 is 15.9 Å². The molecule has 3 heterocycles. The minimum atomic E-state index is -0.840. The summed E-state index contributed by atoms with van der Waals surface area (Å²) in [4.78, 5) is 47.0. The molecule has 1 aliphatic heterocycles. The van der Waals surface area contributed by atoms with Gasteiger partial charge < -0.3 is 19.7 Å². The zero-order valence-electron chi connectivity index (χ0n) is 18.8. The highest BCUT2D eigenvalue weighted by Crippen LogP contribution is 2.42. The van der Waals surface area contributed by atoms with Gasteiger partial charge in [0.05, 0.1) is 18.7 Å². The average Bonchev–Trinajstić information content (AvgIpc) is 3.26. The molecule has 2 N–H and O–H groups in total. The molecule has 1 amide bonds. The molecule has 9 heteroatoms. The average molecular weight is 524 g/mol. The van der Waals surface area contributed by atoms with Crippen LogP contribution in [0.2, 0.25) is 0 Å². The second kappa shape index (κ2) is 9.26. The Labute approximate surface area is 204 Å². The summed E-state index contributed by atoms with van der Waals surface area (Å²) in [5.41, 5.74) is 2.71. The van der Waals surface area contributed by atoms with Gasteiger partial charge in [0.15, 0.2) is 0 Å². The van der Waals surface area contributed by atoms with E-state index in [1.54, 1.807) is 50.5 Å². The summed E-state index contributed by atoms with van der Waals surface area (Å²) in [7, 11) is 1.26. The fourth-order valence-electron chi connectivity index (χ4n) is 4.30. The van der Waals surface area contributed by atoms with Crippen LogP contribution in [0.4, 0.5) is 0 Å². The third kappa shape index (κ3) is 4.03. The summed E-state index contributed by atoms with van der Waals surface area (Å²) in [5.74, 6) is -2.47. The smallest absolute Gasteiger partial charge is 0.354 e. The summed E-state index contributed by atoms with van der Waals surface area (Å²) in [6, 6.07) is 9.95. The molecule has 0 spiro atoms. The molecular weight excluding hydrogens is 502 g/mol. The van der Waals surface area contributed by atoms with Gasteiger partial charge in [-0.3, -0.25) is 14.6 Å². The first kappa shape index (κ1) is 23.4. The number of carbonyl (C=O) groups excluding carboxylic acids is 3. The SMILES string of the molecule is COC(=O)c1[nH]c(C)c(/C(O)=C2\C(=O)C(=O)N(Cc3cccnc3)[C@@H]2c2cccc(Br)c2)c1C. The van der Waals surface area contributed by atoms with Gasteiger partial charge in [-0.25, -0.2) is 4.79 Å². The number of aliphatic hydroxyl groups is 1. The molecular formula is C25H22BrN3O5. The van der Waals surface area contributed by atoms with Gasteiger partial charge in [-0.2, -0.15) is 0 Å². The molecule has 4 rings (SSSR count). The molecule has 174 valence electrons. The minimum absolute atomic E-state index is 0.0476. The van der Waals surface area contributed by atoms with Crippen molar-refractivity contribution in [3.63, 3.8) is 0 Å². The van der Waals surface area contributed by atoms with Crippen LogP contribution in [-0.2, 0) is 20.9 Å². The molecule has 8 nitrogen and oxygen atoms in total. The lowest BCUT2D eigenvalue weighted by Crippen LogP contribution is -2.29. The maximum absolute atomic E-state index is 13.3. The topological polar surface area (TPSA) is 113 Å². The molecule has 0 aliphatic carbocycles. The van der Waals surface area contributed by atoms with E-state index in [-0.39, 0.29) is 23.6 Å². The van der Waals surface area contributed by atoms with Gasteiger partial charge in [0, 0.05) is 34.7 Å². The van der Waals surface area contributed by atoms with E-state index in [1.807, 2.05) is 12.1 Å². The highest BCUT2D eigenvalue weighted by molar-refractivity contribution is 9.10. The Morgan fingerprint density at radius 3 is 2.65 bits per heavy atom. The lowest BCUT2D eigenvalue weighted by atomic mass is 9.94. The number of aromatic amines is 1. The molecule has 0 unspecified atom stereocenters. The van der Waals surface area contributed by atoms with Gasteiger partial charge >= 0.3 is 5.97 Å². The molecule has 3 aromatic rings. The van der Waals surface area contributed by atoms with Crippen LogP contribution in [0.25, 0.3) is 5.76 Å². The summed E-state index contributed by atoms with van der Waals surface area (Å²) < 4.78 is 5.57. The van der Waals surface area contributed by atoms with Crippen LogP contribution in [0.15, 0.2) is 58.8 Å². The highest BCUT2D eigenvalue weighted by Gasteiger charge is 2.46. The first-order valence-electron chi connectivity index (χ1n) is 10.4. The van der Waals surface area contributed by atoms with Crippen molar-refractivity contribution in [2.75, 3.05) is 7.11 Å². The fraction of sp³-hybridized carbons (Fsp3) is 0.200. The van der Waals surface area contributed by atoms with Crippen LogP contribution in [0, 0.1) is 13.8 Å². The summed E-state index contributed by atoms with van der Waals surface area (Å²) in [6.07, 6.45) is 3.25. The Morgan fingerprint density at radius 2 is 2.00 bits per heavy atom. The molecule has 1 atom stereocenters. The second-order valence-electron chi connectivity index (χ2n) is 7.96. The van der Waals surface area contributed by atoms with Gasteiger partial charge in [-0.1, -0.05) is 34.1 Å². The van der Waals surface area contributed by atoms with Crippen LogP contribution in [0.3, 0.4) is 0 Å².